The highest BCUT2D eigenvalue weighted by Gasteiger charge is 2.30. The van der Waals surface area contributed by atoms with E-state index in [1.807, 2.05) is 6.07 Å². The molecule has 5 aromatic rings. The van der Waals surface area contributed by atoms with E-state index in [0.717, 1.165) is 12.1 Å². The van der Waals surface area contributed by atoms with Crippen molar-refractivity contribution in [1.29, 1.82) is 0 Å². The fraction of sp³-hybridized carbons (Fsp3) is 0.0909. The summed E-state index contributed by atoms with van der Waals surface area (Å²) in [5.74, 6) is -1.04. The van der Waals surface area contributed by atoms with Crippen LogP contribution in [0.3, 0.4) is 0 Å². The van der Waals surface area contributed by atoms with Crippen LogP contribution in [0, 0.1) is 0 Å². The van der Waals surface area contributed by atoms with Crippen LogP contribution in [0.15, 0.2) is 109 Å². The summed E-state index contributed by atoms with van der Waals surface area (Å²) >= 11 is 0. The number of pyridine rings is 1. The molecule has 1 aromatic heterocycles. The number of carbonyl (C=O) groups is 3. The Morgan fingerprint density at radius 3 is 2.16 bits per heavy atom. The first kappa shape index (κ1) is 29.0. The van der Waals surface area contributed by atoms with Crippen molar-refractivity contribution in [1.82, 2.24) is 15.6 Å². The van der Waals surface area contributed by atoms with E-state index in [-0.39, 0.29) is 17.3 Å². The zero-order valence-electron chi connectivity index (χ0n) is 22.8. The predicted octanol–water partition coefficient (Wildman–Crippen LogP) is 6.39. The Balaban J connectivity index is 1.34. The van der Waals surface area contributed by atoms with E-state index in [4.69, 9.17) is 0 Å². The quantitative estimate of drug-likeness (QED) is 0.207. The van der Waals surface area contributed by atoms with Gasteiger partial charge in [-0.3, -0.25) is 14.4 Å². The molecule has 3 N–H and O–H groups in total. The van der Waals surface area contributed by atoms with Gasteiger partial charge in [0.05, 0.1) is 11.1 Å². The average molecular weight is 583 g/mol. The maximum absolute atomic E-state index is 13.2. The molecular formula is C33H25F3N4O3. The monoisotopic (exact) mass is 582 g/mol. The maximum atomic E-state index is 13.2. The summed E-state index contributed by atoms with van der Waals surface area (Å²) in [6.07, 6.45) is -4.46. The van der Waals surface area contributed by atoms with Crippen molar-refractivity contribution in [3.05, 3.63) is 131 Å². The van der Waals surface area contributed by atoms with Gasteiger partial charge in [0.1, 0.15) is 11.9 Å². The fourth-order valence-electron chi connectivity index (χ4n) is 4.60. The Morgan fingerprint density at radius 2 is 1.47 bits per heavy atom. The number of nitrogens with one attached hydrogen (secondary N) is 3. The molecule has 0 aliphatic carbocycles. The molecule has 0 radical (unpaired) electrons. The van der Waals surface area contributed by atoms with Gasteiger partial charge in [-0.05, 0) is 65.2 Å². The second kappa shape index (κ2) is 12.2. The van der Waals surface area contributed by atoms with Gasteiger partial charge in [0.25, 0.3) is 11.8 Å². The minimum absolute atomic E-state index is 0.251. The number of likely N-dealkylation sites (N-methyl/N-ethyl adjacent to an activating group) is 1. The highest BCUT2D eigenvalue weighted by Crippen LogP contribution is 2.32. The molecule has 5 rings (SSSR count). The molecule has 0 saturated heterocycles. The normalized spacial score (nSPS) is 11.9. The third-order valence-electron chi connectivity index (χ3n) is 6.80. The van der Waals surface area contributed by atoms with Crippen molar-refractivity contribution in [2.75, 3.05) is 12.4 Å². The van der Waals surface area contributed by atoms with Crippen molar-refractivity contribution >= 4 is 34.4 Å². The minimum Gasteiger partial charge on any atom is -0.357 e. The number of halogens is 3. The number of rotatable bonds is 7. The smallest absolute Gasteiger partial charge is 0.357 e. The highest BCUT2D eigenvalue weighted by molar-refractivity contribution is 6.08. The van der Waals surface area contributed by atoms with Gasteiger partial charge < -0.3 is 16.0 Å². The van der Waals surface area contributed by atoms with E-state index in [0.29, 0.717) is 33.2 Å². The zero-order valence-corrected chi connectivity index (χ0v) is 22.8. The Kier molecular flexibility index (Phi) is 8.20. The third kappa shape index (κ3) is 6.54. The van der Waals surface area contributed by atoms with Crippen molar-refractivity contribution in [2.24, 2.45) is 0 Å². The molecule has 10 heteroatoms. The van der Waals surface area contributed by atoms with E-state index in [1.54, 1.807) is 78.9 Å². The van der Waals surface area contributed by atoms with E-state index in [2.05, 4.69) is 20.9 Å². The molecule has 0 bridgehead atoms. The van der Waals surface area contributed by atoms with Gasteiger partial charge in [0, 0.05) is 23.6 Å². The van der Waals surface area contributed by atoms with Crippen molar-refractivity contribution in [2.45, 2.75) is 12.2 Å². The lowest BCUT2D eigenvalue weighted by molar-refractivity contribution is -0.137. The number of hydrogen-bond acceptors (Lipinski definition) is 4. The number of amides is 3. The first-order valence-electron chi connectivity index (χ1n) is 13.2. The first-order valence-corrected chi connectivity index (χ1v) is 13.2. The van der Waals surface area contributed by atoms with E-state index in [9.17, 15) is 27.6 Å². The summed E-state index contributed by atoms with van der Waals surface area (Å²) in [6.45, 7) is 0. The lowest BCUT2D eigenvalue weighted by atomic mass is 9.98. The lowest BCUT2D eigenvalue weighted by Crippen LogP contribution is -2.39. The second-order valence-electron chi connectivity index (χ2n) is 9.61. The van der Waals surface area contributed by atoms with Crippen LogP contribution in [0.25, 0.3) is 22.0 Å². The van der Waals surface area contributed by atoms with Crippen LogP contribution in [-0.4, -0.2) is 29.8 Å². The van der Waals surface area contributed by atoms with Crippen LogP contribution in [-0.2, 0) is 11.0 Å². The number of alkyl halides is 3. The van der Waals surface area contributed by atoms with Crippen molar-refractivity contribution < 1.29 is 27.6 Å². The van der Waals surface area contributed by atoms with Gasteiger partial charge in [-0.2, -0.15) is 13.2 Å². The molecule has 43 heavy (non-hydrogen) atoms. The Labute approximate surface area is 244 Å². The maximum Gasteiger partial charge on any atom is 0.416 e. The van der Waals surface area contributed by atoms with E-state index >= 15 is 0 Å². The Hall–Kier alpha value is -5.51. The second-order valence-corrected chi connectivity index (χ2v) is 9.61. The summed E-state index contributed by atoms with van der Waals surface area (Å²) in [7, 11) is 1.50. The fourth-order valence-corrected chi connectivity index (χ4v) is 4.60. The molecule has 1 heterocycles. The van der Waals surface area contributed by atoms with Gasteiger partial charge in [-0.15, -0.1) is 0 Å². The van der Waals surface area contributed by atoms with Crippen molar-refractivity contribution in [3.63, 3.8) is 0 Å². The average Bonchev–Trinajstić information content (AvgIpc) is 3.03. The molecule has 0 saturated carbocycles. The van der Waals surface area contributed by atoms with Gasteiger partial charge in [-0.1, -0.05) is 60.7 Å². The number of anilines is 1. The van der Waals surface area contributed by atoms with E-state index in [1.165, 1.54) is 19.2 Å². The summed E-state index contributed by atoms with van der Waals surface area (Å²) in [6, 6.07) is 27.3. The van der Waals surface area contributed by atoms with Crippen LogP contribution < -0.4 is 16.0 Å². The van der Waals surface area contributed by atoms with Gasteiger partial charge in [0.2, 0.25) is 5.91 Å². The number of aromatic nitrogens is 1. The van der Waals surface area contributed by atoms with Gasteiger partial charge in [-0.25, -0.2) is 4.98 Å². The molecule has 1 atom stereocenters. The molecule has 0 spiro atoms. The zero-order chi connectivity index (χ0) is 30.6. The molecule has 0 aliphatic rings. The number of fused-ring (bicyclic) bond motifs is 1. The van der Waals surface area contributed by atoms with Crippen LogP contribution in [0.1, 0.15) is 37.9 Å². The predicted molar refractivity (Wildman–Crippen MR) is 157 cm³/mol. The molecule has 3 amide bonds. The molecule has 0 unspecified atom stereocenters. The summed E-state index contributed by atoms with van der Waals surface area (Å²) in [4.78, 5) is 43.2. The highest BCUT2D eigenvalue weighted by atomic mass is 19.4. The number of hydrogen-bond donors (Lipinski definition) is 3. The molecule has 216 valence electrons. The molecule has 0 aliphatic heterocycles. The lowest BCUT2D eigenvalue weighted by Gasteiger charge is -2.18. The van der Waals surface area contributed by atoms with Crippen molar-refractivity contribution in [3.8, 4) is 11.1 Å². The summed E-state index contributed by atoms with van der Waals surface area (Å²) in [5, 5.41) is 8.70. The topological polar surface area (TPSA) is 100 Å². The van der Waals surface area contributed by atoms with Crippen LogP contribution in [0.5, 0.6) is 0 Å². The molecule has 7 nitrogen and oxygen atoms in total. The van der Waals surface area contributed by atoms with Crippen LogP contribution in [0.2, 0.25) is 0 Å². The van der Waals surface area contributed by atoms with E-state index < -0.39 is 29.6 Å². The minimum atomic E-state index is -4.46. The van der Waals surface area contributed by atoms with Crippen LogP contribution >= 0.6 is 0 Å². The summed E-state index contributed by atoms with van der Waals surface area (Å²) < 4.78 is 39.0. The number of carbonyl (C=O) groups excluding carboxylic acids is 3. The Bertz CT molecular complexity index is 1810. The SMILES string of the molecule is CNC(=O)[C@@H](NC(=O)c1ccc2nc(NC(=O)c3ccccc3-c3ccc(C(F)(F)F)cc3)ccc2c1)c1ccccc1. The summed E-state index contributed by atoms with van der Waals surface area (Å²) in [5.41, 5.74) is 1.88. The first-order chi connectivity index (χ1) is 20.6. The standard InChI is InChI=1S/C33H25F3N4O3/c1-37-32(43)29(21-7-3-2-4-8-21)40-30(41)23-13-17-27-22(19-23)14-18-28(38-27)39-31(42)26-10-6-5-9-25(26)20-11-15-24(16-12-20)33(34,35)36/h2-19,29H,1H3,(H,37,43)(H,40,41)(H,38,39,42)/t29-/m0/s1. The van der Waals surface area contributed by atoms with Gasteiger partial charge >= 0.3 is 6.18 Å². The third-order valence-corrected chi connectivity index (χ3v) is 6.80. The Morgan fingerprint density at radius 1 is 0.767 bits per heavy atom. The largest absolute Gasteiger partial charge is 0.416 e. The molecule has 0 fully saturated rings. The molecule has 4 aromatic carbocycles. The van der Waals surface area contributed by atoms with Crippen LogP contribution in [0.4, 0.5) is 19.0 Å². The number of benzene rings is 4. The van der Waals surface area contributed by atoms with Gasteiger partial charge in [0.15, 0.2) is 0 Å². The number of nitrogens with zero attached hydrogens (tertiary/aromatic N) is 1. The molecular weight excluding hydrogens is 557 g/mol.